The Morgan fingerprint density at radius 2 is 1.68 bits per heavy atom. The largest absolute Gasteiger partial charge is 0.496 e. The van der Waals surface area contributed by atoms with E-state index in [1.54, 1.807) is 14.2 Å². The van der Waals surface area contributed by atoms with Crippen molar-refractivity contribution in [3.8, 4) is 23.0 Å². The van der Waals surface area contributed by atoms with Crippen molar-refractivity contribution in [3.63, 3.8) is 0 Å². The fraction of sp³-hybridized carbons (Fsp3) is 0.500. The van der Waals surface area contributed by atoms with Crippen molar-refractivity contribution in [2.24, 2.45) is 0 Å². The van der Waals surface area contributed by atoms with E-state index in [9.17, 15) is 0 Å². The summed E-state index contributed by atoms with van der Waals surface area (Å²) in [5, 5.41) is 3.52. The number of methoxy groups -OCH3 is 2. The van der Waals surface area contributed by atoms with Crippen LogP contribution in [0, 0.1) is 20.8 Å². The second-order valence-corrected chi connectivity index (χ2v) is 6.33. The van der Waals surface area contributed by atoms with Gasteiger partial charge in [-0.15, -0.1) is 0 Å². The van der Waals surface area contributed by atoms with Crippen molar-refractivity contribution in [3.05, 3.63) is 29.0 Å². The maximum absolute atomic E-state index is 5.57. The predicted molar refractivity (Wildman–Crippen MR) is 103 cm³/mol. The highest BCUT2D eigenvalue weighted by molar-refractivity contribution is 5.71. The van der Waals surface area contributed by atoms with Crippen LogP contribution in [-0.4, -0.2) is 30.2 Å². The highest BCUT2D eigenvalue weighted by atomic mass is 16.5. The van der Waals surface area contributed by atoms with E-state index in [1.807, 2.05) is 19.9 Å². The van der Waals surface area contributed by atoms with Crippen LogP contribution in [-0.2, 0) is 0 Å². The fourth-order valence-electron chi connectivity index (χ4n) is 3.05. The molecule has 1 N–H and O–H groups in total. The number of nitrogens with one attached hydrogen (secondary N) is 1. The zero-order chi connectivity index (χ0) is 18.6. The number of benzene rings is 1. The van der Waals surface area contributed by atoms with E-state index in [0.717, 1.165) is 46.7 Å². The molecule has 25 heavy (non-hydrogen) atoms. The van der Waals surface area contributed by atoms with Gasteiger partial charge in [0.1, 0.15) is 11.4 Å². The molecule has 0 saturated heterocycles. The topological polar surface area (TPSA) is 56.3 Å². The molecule has 0 aliphatic heterocycles. The van der Waals surface area contributed by atoms with Gasteiger partial charge in [0.25, 0.3) is 0 Å². The van der Waals surface area contributed by atoms with Gasteiger partial charge in [-0.2, -0.15) is 4.98 Å². The van der Waals surface area contributed by atoms with Gasteiger partial charge in [-0.1, -0.05) is 19.9 Å². The van der Waals surface area contributed by atoms with E-state index in [-0.39, 0.29) is 0 Å². The molecule has 0 amide bonds. The fourth-order valence-corrected chi connectivity index (χ4v) is 3.05. The Kier molecular flexibility index (Phi) is 6.23. The molecule has 2 aromatic rings. The Morgan fingerprint density at radius 1 is 1.00 bits per heavy atom. The zero-order valence-electron chi connectivity index (χ0n) is 16.4. The zero-order valence-corrected chi connectivity index (χ0v) is 16.4. The van der Waals surface area contributed by atoms with Crippen molar-refractivity contribution in [1.82, 2.24) is 9.97 Å². The summed E-state index contributed by atoms with van der Waals surface area (Å²) in [6, 6.07) is 4.49. The first-order valence-electron chi connectivity index (χ1n) is 8.79. The maximum atomic E-state index is 5.57. The van der Waals surface area contributed by atoms with Crippen molar-refractivity contribution < 1.29 is 9.47 Å². The minimum absolute atomic E-state index is 0.373. The van der Waals surface area contributed by atoms with Crippen molar-refractivity contribution >= 4 is 5.69 Å². The van der Waals surface area contributed by atoms with Crippen LogP contribution in [0.4, 0.5) is 5.69 Å². The van der Waals surface area contributed by atoms with E-state index in [0.29, 0.717) is 17.7 Å². The Morgan fingerprint density at radius 3 is 2.24 bits per heavy atom. The molecule has 5 heteroatoms. The Balaban J connectivity index is 2.57. The first kappa shape index (κ1) is 19.0. The van der Waals surface area contributed by atoms with Gasteiger partial charge in [-0.05, 0) is 50.8 Å². The third-order valence-electron chi connectivity index (χ3n) is 4.47. The molecule has 1 aromatic heterocycles. The standard InChI is InChI=1S/C20H29N3O2/c1-8-15(9-2)22-18-14(5)21-19(23-20(18)25-7)17-13(4)10-12(3)11-16(17)24-6/h10-11,15,22H,8-9H2,1-7H3. The van der Waals surface area contributed by atoms with Gasteiger partial charge in [0.05, 0.1) is 25.5 Å². The molecule has 136 valence electrons. The molecule has 0 unspecified atom stereocenters. The molecule has 1 aromatic carbocycles. The van der Waals surface area contributed by atoms with Crippen molar-refractivity contribution in [2.75, 3.05) is 19.5 Å². The lowest BCUT2D eigenvalue weighted by Gasteiger charge is -2.20. The summed E-state index contributed by atoms with van der Waals surface area (Å²) in [6.07, 6.45) is 2.07. The Bertz CT molecular complexity index is 740. The van der Waals surface area contributed by atoms with Gasteiger partial charge >= 0.3 is 0 Å². The second-order valence-electron chi connectivity index (χ2n) is 6.33. The number of aryl methyl sites for hydroxylation is 3. The van der Waals surface area contributed by atoms with Gasteiger partial charge in [0, 0.05) is 6.04 Å². The first-order valence-corrected chi connectivity index (χ1v) is 8.79. The van der Waals surface area contributed by atoms with Gasteiger partial charge in [0.15, 0.2) is 5.82 Å². The monoisotopic (exact) mass is 343 g/mol. The van der Waals surface area contributed by atoms with Crippen LogP contribution < -0.4 is 14.8 Å². The maximum Gasteiger partial charge on any atom is 0.241 e. The van der Waals surface area contributed by atoms with Crippen LogP contribution >= 0.6 is 0 Å². The molecule has 5 nitrogen and oxygen atoms in total. The smallest absolute Gasteiger partial charge is 0.241 e. The molecule has 0 radical (unpaired) electrons. The van der Waals surface area contributed by atoms with E-state index in [1.165, 1.54) is 0 Å². The summed E-state index contributed by atoms with van der Waals surface area (Å²) in [5.74, 6) is 1.97. The second kappa shape index (κ2) is 8.19. The summed E-state index contributed by atoms with van der Waals surface area (Å²) in [5.41, 5.74) is 4.87. The predicted octanol–water partition coefficient (Wildman–Crippen LogP) is 4.69. The summed E-state index contributed by atoms with van der Waals surface area (Å²) in [4.78, 5) is 9.41. The lowest BCUT2D eigenvalue weighted by molar-refractivity contribution is 0.397. The summed E-state index contributed by atoms with van der Waals surface area (Å²) >= 11 is 0. The molecule has 0 spiro atoms. The quantitative estimate of drug-likeness (QED) is 0.790. The van der Waals surface area contributed by atoms with Gasteiger partial charge in [-0.3, -0.25) is 0 Å². The number of ether oxygens (including phenoxy) is 2. The third kappa shape index (κ3) is 4.03. The number of rotatable bonds is 7. The van der Waals surface area contributed by atoms with Gasteiger partial charge in [0.2, 0.25) is 5.88 Å². The first-order chi connectivity index (χ1) is 11.9. The molecular formula is C20H29N3O2. The molecule has 2 rings (SSSR count). The van der Waals surface area contributed by atoms with Crippen molar-refractivity contribution in [2.45, 2.75) is 53.5 Å². The van der Waals surface area contributed by atoms with E-state index in [2.05, 4.69) is 37.1 Å². The molecule has 0 atom stereocenters. The minimum atomic E-state index is 0.373. The minimum Gasteiger partial charge on any atom is -0.496 e. The lowest BCUT2D eigenvalue weighted by atomic mass is 10.0. The van der Waals surface area contributed by atoms with Gasteiger partial charge in [-0.25, -0.2) is 4.98 Å². The number of anilines is 1. The van der Waals surface area contributed by atoms with Crippen LogP contribution in [0.2, 0.25) is 0 Å². The number of hydrogen-bond acceptors (Lipinski definition) is 5. The Hall–Kier alpha value is -2.30. The van der Waals surface area contributed by atoms with E-state index >= 15 is 0 Å². The lowest BCUT2D eigenvalue weighted by Crippen LogP contribution is -2.19. The molecule has 0 aliphatic carbocycles. The molecule has 1 heterocycles. The highest BCUT2D eigenvalue weighted by Crippen LogP contribution is 2.36. The van der Waals surface area contributed by atoms with Crippen LogP contribution in [0.5, 0.6) is 11.6 Å². The van der Waals surface area contributed by atoms with Crippen LogP contribution in [0.15, 0.2) is 12.1 Å². The van der Waals surface area contributed by atoms with Crippen molar-refractivity contribution in [1.29, 1.82) is 0 Å². The van der Waals surface area contributed by atoms with Gasteiger partial charge < -0.3 is 14.8 Å². The molecule has 0 fully saturated rings. The van der Waals surface area contributed by atoms with Crippen LogP contribution in [0.3, 0.4) is 0 Å². The molecule has 0 aliphatic rings. The number of hydrogen-bond donors (Lipinski definition) is 1. The molecule has 0 saturated carbocycles. The summed E-state index contributed by atoms with van der Waals surface area (Å²) in [7, 11) is 3.31. The number of nitrogens with zero attached hydrogens (tertiary/aromatic N) is 2. The third-order valence-corrected chi connectivity index (χ3v) is 4.47. The number of aromatic nitrogens is 2. The van der Waals surface area contributed by atoms with E-state index < -0.39 is 0 Å². The Labute approximate surface area is 150 Å². The SMILES string of the molecule is CCC(CC)Nc1c(C)nc(-c2c(C)cc(C)cc2OC)nc1OC. The molecular weight excluding hydrogens is 314 g/mol. The van der Waals surface area contributed by atoms with Crippen LogP contribution in [0.25, 0.3) is 11.4 Å². The average Bonchev–Trinajstić information content (AvgIpc) is 2.59. The van der Waals surface area contributed by atoms with Crippen LogP contribution in [0.1, 0.15) is 43.5 Å². The normalized spacial score (nSPS) is 10.9. The van der Waals surface area contributed by atoms with E-state index in [4.69, 9.17) is 14.5 Å². The highest BCUT2D eigenvalue weighted by Gasteiger charge is 2.19. The summed E-state index contributed by atoms with van der Waals surface area (Å²) < 4.78 is 11.1. The summed E-state index contributed by atoms with van der Waals surface area (Å²) in [6.45, 7) is 10.4. The average molecular weight is 343 g/mol. The molecule has 0 bridgehead atoms.